The number of amides is 1. The molecule has 0 bridgehead atoms. The molecule has 3 heteroatoms. The van der Waals surface area contributed by atoms with Gasteiger partial charge in [0.15, 0.2) is 0 Å². The Hall–Kier alpha value is -0.700. The molecule has 66 valence electrons. The monoisotopic (exact) mass is 183 g/mol. The minimum atomic E-state index is -0.0359. The molecular weight excluding hydrogens is 170 g/mol. The van der Waals surface area contributed by atoms with E-state index >= 15 is 0 Å². The third-order valence-corrected chi connectivity index (χ3v) is 2.74. The minimum absolute atomic E-state index is 0.0231. The zero-order valence-corrected chi connectivity index (χ0v) is 8.14. The number of likely N-dealkylation sites (N-methyl/N-ethyl adjacent to an activating group) is 1. The molecule has 0 saturated heterocycles. The number of nitrogens with one attached hydrogen (secondary N) is 1. The molecule has 0 saturated carbocycles. The Morgan fingerprint density at radius 2 is 2.33 bits per heavy atom. The van der Waals surface area contributed by atoms with Crippen LogP contribution in [0.5, 0.6) is 0 Å². The van der Waals surface area contributed by atoms with E-state index in [-0.39, 0.29) is 11.2 Å². The van der Waals surface area contributed by atoms with E-state index in [2.05, 4.69) is 17.9 Å². The molecule has 1 amide bonds. The number of carbonyl (C=O) groups excluding carboxylic acids is 1. The standard InChI is InChI=1S/C9H13NOS/c1-6-4-3-5-7(8(6)12)9(11)10-2/h3-6,8,12H,1-2H3,(H,10,11). The Kier molecular flexibility index (Phi) is 2.98. The largest absolute Gasteiger partial charge is 0.355 e. The SMILES string of the molecule is CNC(=O)C1=CC=CC(C)C1S. The van der Waals surface area contributed by atoms with Gasteiger partial charge in [-0.25, -0.2) is 0 Å². The van der Waals surface area contributed by atoms with Crippen molar-refractivity contribution in [2.24, 2.45) is 5.92 Å². The van der Waals surface area contributed by atoms with Gasteiger partial charge in [-0.3, -0.25) is 4.79 Å². The molecule has 1 aliphatic carbocycles. The predicted molar refractivity (Wildman–Crippen MR) is 53.2 cm³/mol. The van der Waals surface area contributed by atoms with Crippen molar-refractivity contribution in [3.8, 4) is 0 Å². The molecule has 0 spiro atoms. The predicted octanol–water partition coefficient (Wildman–Crippen LogP) is 1.16. The van der Waals surface area contributed by atoms with Crippen LogP contribution < -0.4 is 5.32 Å². The summed E-state index contributed by atoms with van der Waals surface area (Å²) < 4.78 is 0. The van der Waals surface area contributed by atoms with Crippen molar-refractivity contribution in [3.63, 3.8) is 0 Å². The van der Waals surface area contributed by atoms with E-state index in [9.17, 15) is 4.79 Å². The molecule has 2 unspecified atom stereocenters. The van der Waals surface area contributed by atoms with Crippen LogP contribution >= 0.6 is 12.6 Å². The lowest BCUT2D eigenvalue weighted by molar-refractivity contribution is -0.117. The average Bonchev–Trinajstić information content (AvgIpc) is 2.08. The van der Waals surface area contributed by atoms with Gasteiger partial charge >= 0.3 is 0 Å². The van der Waals surface area contributed by atoms with Gasteiger partial charge in [0, 0.05) is 17.9 Å². The van der Waals surface area contributed by atoms with E-state index in [4.69, 9.17) is 0 Å². The molecule has 1 N–H and O–H groups in total. The molecule has 1 aliphatic rings. The molecule has 0 fully saturated rings. The summed E-state index contributed by atoms with van der Waals surface area (Å²) in [6, 6.07) is 0. The minimum Gasteiger partial charge on any atom is -0.355 e. The van der Waals surface area contributed by atoms with E-state index in [1.807, 2.05) is 25.2 Å². The Morgan fingerprint density at radius 1 is 1.67 bits per heavy atom. The van der Waals surface area contributed by atoms with Crippen LogP contribution in [-0.4, -0.2) is 18.2 Å². The molecular formula is C9H13NOS. The molecule has 0 aromatic heterocycles. The lowest BCUT2D eigenvalue weighted by atomic mass is 9.95. The van der Waals surface area contributed by atoms with Crippen molar-refractivity contribution < 1.29 is 4.79 Å². The number of thiol groups is 1. The van der Waals surface area contributed by atoms with E-state index in [1.54, 1.807) is 7.05 Å². The van der Waals surface area contributed by atoms with Crippen LogP contribution in [0.2, 0.25) is 0 Å². The van der Waals surface area contributed by atoms with Crippen LogP contribution in [0.3, 0.4) is 0 Å². The second-order valence-electron chi connectivity index (χ2n) is 2.89. The van der Waals surface area contributed by atoms with E-state index in [0.717, 1.165) is 5.57 Å². The number of hydrogen-bond acceptors (Lipinski definition) is 2. The summed E-state index contributed by atoms with van der Waals surface area (Å²) in [5, 5.41) is 2.62. The van der Waals surface area contributed by atoms with Crippen molar-refractivity contribution >= 4 is 18.5 Å². The highest BCUT2D eigenvalue weighted by Gasteiger charge is 2.22. The fourth-order valence-electron chi connectivity index (χ4n) is 1.18. The normalized spacial score (nSPS) is 28.1. The second-order valence-corrected chi connectivity index (χ2v) is 3.45. The number of hydrogen-bond donors (Lipinski definition) is 2. The van der Waals surface area contributed by atoms with E-state index in [1.165, 1.54) is 0 Å². The van der Waals surface area contributed by atoms with Crippen LogP contribution in [0.25, 0.3) is 0 Å². The Bertz CT molecular complexity index is 245. The number of rotatable bonds is 1. The Morgan fingerprint density at radius 3 is 2.92 bits per heavy atom. The van der Waals surface area contributed by atoms with Gasteiger partial charge in [-0.1, -0.05) is 25.2 Å². The quantitative estimate of drug-likeness (QED) is 0.587. The Balaban J connectivity index is 2.82. The van der Waals surface area contributed by atoms with Crippen molar-refractivity contribution in [1.29, 1.82) is 0 Å². The lowest BCUT2D eigenvalue weighted by Crippen LogP contribution is -2.29. The van der Waals surface area contributed by atoms with Crippen molar-refractivity contribution in [3.05, 3.63) is 23.8 Å². The number of carbonyl (C=O) groups is 1. The molecule has 12 heavy (non-hydrogen) atoms. The van der Waals surface area contributed by atoms with Crippen LogP contribution in [0.15, 0.2) is 23.8 Å². The summed E-state index contributed by atoms with van der Waals surface area (Å²) in [4.78, 5) is 11.3. The summed E-state index contributed by atoms with van der Waals surface area (Å²) >= 11 is 4.36. The third-order valence-electron chi connectivity index (χ3n) is 2.00. The van der Waals surface area contributed by atoms with Crippen LogP contribution in [0, 0.1) is 5.92 Å². The molecule has 0 aliphatic heterocycles. The zero-order valence-electron chi connectivity index (χ0n) is 7.24. The van der Waals surface area contributed by atoms with Gasteiger partial charge in [-0.15, -0.1) is 0 Å². The highest BCUT2D eigenvalue weighted by atomic mass is 32.1. The first-order valence-corrected chi connectivity index (χ1v) is 4.47. The zero-order chi connectivity index (χ0) is 9.14. The fourth-order valence-corrected chi connectivity index (χ4v) is 1.48. The highest BCUT2D eigenvalue weighted by Crippen LogP contribution is 2.23. The summed E-state index contributed by atoms with van der Waals surface area (Å²) in [5.41, 5.74) is 0.746. The maximum atomic E-state index is 11.3. The average molecular weight is 183 g/mol. The molecule has 0 aromatic rings. The van der Waals surface area contributed by atoms with Gasteiger partial charge in [0.05, 0.1) is 0 Å². The van der Waals surface area contributed by atoms with Gasteiger partial charge in [-0.05, 0) is 5.92 Å². The number of allylic oxidation sites excluding steroid dienone is 3. The summed E-state index contributed by atoms with van der Waals surface area (Å²) in [7, 11) is 1.63. The lowest BCUT2D eigenvalue weighted by Gasteiger charge is -2.20. The summed E-state index contributed by atoms with van der Waals surface area (Å²) in [5.74, 6) is 0.289. The summed E-state index contributed by atoms with van der Waals surface area (Å²) in [6.45, 7) is 2.05. The Labute approximate surface area is 78.1 Å². The first kappa shape index (κ1) is 9.39. The van der Waals surface area contributed by atoms with Crippen molar-refractivity contribution in [2.75, 3.05) is 7.05 Å². The van der Waals surface area contributed by atoms with Crippen LogP contribution in [-0.2, 0) is 4.79 Å². The molecule has 0 heterocycles. The molecule has 0 radical (unpaired) electrons. The molecule has 1 rings (SSSR count). The molecule has 2 nitrogen and oxygen atoms in total. The first-order valence-electron chi connectivity index (χ1n) is 3.95. The fraction of sp³-hybridized carbons (Fsp3) is 0.444. The van der Waals surface area contributed by atoms with Gasteiger partial charge in [0.1, 0.15) is 0 Å². The molecule has 2 atom stereocenters. The van der Waals surface area contributed by atoms with Gasteiger partial charge in [0.25, 0.3) is 0 Å². The smallest absolute Gasteiger partial charge is 0.248 e. The van der Waals surface area contributed by atoms with E-state index < -0.39 is 0 Å². The maximum Gasteiger partial charge on any atom is 0.248 e. The second kappa shape index (κ2) is 3.81. The maximum absolute atomic E-state index is 11.3. The van der Waals surface area contributed by atoms with Gasteiger partial charge in [-0.2, -0.15) is 12.6 Å². The van der Waals surface area contributed by atoms with Gasteiger partial charge < -0.3 is 5.32 Å². The third kappa shape index (κ3) is 1.72. The van der Waals surface area contributed by atoms with Crippen molar-refractivity contribution in [2.45, 2.75) is 12.2 Å². The van der Waals surface area contributed by atoms with Crippen LogP contribution in [0.4, 0.5) is 0 Å². The highest BCUT2D eigenvalue weighted by molar-refractivity contribution is 7.81. The molecule has 0 aromatic carbocycles. The first-order chi connectivity index (χ1) is 5.66. The topological polar surface area (TPSA) is 29.1 Å². The summed E-state index contributed by atoms with van der Waals surface area (Å²) in [6.07, 6.45) is 5.77. The van der Waals surface area contributed by atoms with E-state index in [0.29, 0.717) is 5.92 Å². The van der Waals surface area contributed by atoms with Gasteiger partial charge in [0.2, 0.25) is 5.91 Å². The van der Waals surface area contributed by atoms with Crippen LogP contribution in [0.1, 0.15) is 6.92 Å². The van der Waals surface area contributed by atoms with Crippen molar-refractivity contribution in [1.82, 2.24) is 5.32 Å².